The van der Waals surface area contributed by atoms with E-state index in [1.807, 2.05) is 48.5 Å². The lowest BCUT2D eigenvalue weighted by Crippen LogP contribution is -2.41. The number of nitrogens with zero attached hydrogens (tertiary/aromatic N) is 3. The van der Waals surface area contributed by atoms with Gasteiger partial charge >= 0.3 is 0 Å². The van der Waals surface area contributed by atoms with E-state index in [0.717, 1.165) is 24.0 Å². The number of rotatable bonds is 11. The molecule has 4 rings (SSSR count). The number of thioether (sulfide) groups is 1. The van der Waals surface area contributed by atoms with E-state index in [9.17, 15) is 14.4 Å². The fourth-order valence-corrected chi connectivity index (χ4v) is 4.90. The van der Waals surface area contributed by atoms with Gasteiger partial charge in [-0.25, -0.2) is 9.89 Å². The van der Waals surface area contributed by atoms with Crippen LogP contribution in [-0.4, -0.2) is 59.1 Å². The van der Waals surface area contributed by atoms with Crippen molar-refractivity contribution in [2.45, 2.75) is 45.2 Å². The fraction of sp³-hybridized carbons (Fsp3) is 0.370. The van der Waals surface area contributed by atoms with Crippen molar-refractivity contribution in [3.63, 3.8) is 0 Å². The van der Waals surface area contributed by atoms with Gasteiger partial charge in [0, 0.05) is 30.6 Å². The number of unbranched alkanes of at least 4 members (excludes halogenated alkanes) is 1. The first-order valence-corrected chi connectivity index (χ1v) is 13.4. The third-order valence-corrected chi connectivity index (χ3v) is 6.98. The van der Waals surface area contributed by atoms with Gasteiger partial charge in [-0.2, -0.15) is 0 Å². The Morgan fingerprint density at radius 1 is 1.08 bits per heavy atom. The molecule has 2 aliphatic heterocycles. The molecule has 2 aromatic rings. The quantitative estimate of drug-likeness (QED) is 0.440. The highest BCUT2D eigenvalue weighted by Gasteiger charge is 2.41. The molecule has 0 saturated heterocycles. The Hall–Kier alpha value is -3.66. The average Bonchev–Trinajstić information content (AvgIpc) is 3.26. The van der Waals surface area contributed by atoms with E-state index in [1.165, 1.54) is 16.7 Å². The van der Waals surface area contributed by atoms with Gasteiger partial charge in [-0.15, -0.1) is 0 Å². The fourth-order valence-electron chi connectivity index (χ4n) is 4.07. The molecule has 0 fully saturated rings. The summed E-state index contributed by atoms with van der Waals surface area (Å²) in [4.78, 5) is 49.0. The molecule has 2 aromatic carbocycles. The number of fused-ring (bicyclic) bond motifs is 3. The van der Waals surface area contributed by atoms with Crippen LogP contribution in [0.25, 0.3) is 0 Å². The van der Waals surface area contributed by atoms with Gasteiger partial charge in [0.2, 0.25) is 11.8 Å². The number of methoxy groups -OCH3 is 1. The van der Waals surface area contributed by atoms with Gasteiger partial charge in [-0.3, -0.25) is 19.4 Å². The molecule has 0 radical (unpaired) electrons. The molecule has 0 aromatic heterocycles. The molecule has 0 spiro atoms. The summed E-state index contributed by atoms with van der Waals surface area (Å²) in [5.41, 5.74) is 2.34. The molecule has 0 bridgehead atoms. The van der Waals surface area contributed by atoms with E-state index in [-0.39, 0.29) is 36.3 Å². The van der Waals surface area contributed by atoms with E-state index < -0.39 is 6.04 Å². The summed E-state index contributed by atoms with van der Waals surface area (Å²) >= 11 is 1.21. The molecule has 2 aliphatic rings. The van der Waals surface area contributed by atoms with Crippen LogP contribution in [0.1, 0.15) is 43.7 Å². The second kappa shape index (κ2) is 12.5. The Labute approximate surface area is 220 Å². The van der Waals surface area contributed by atoms with E-state index in [0.29, 0.717) is 35.5 Å². The van der Waals surface area contributed by atoms with Crippen molar-refractivity contribution in [1.82, 2.24) is 15.5 Å². The average molecular weight is 522 g/mol. The van der Waals surface area contributed by atoms with Gasteiger partial charge in [-0.05, 0) is 31.0 Å². The Balaban J connectivity index is 1.40. The SMILES string of the molecule is CCCCNC(=O)CSC1=Nc2ccccc2C2=NC(CCC(=O)NCc3ccccc3OC)C(=O)N12. The highest BCUT2D eigenvalue weighted by Crippen LogP contribution is 2.34. The van der Waals surface area contributed by atoms with Gasteiger partial charge in [0.25, 0.3) is 5.91 Å². The number of hydrogen-bond acceptors (Lipinski definition) is 7. The van der Waals surface area contributed by atoms with Crippen LogP contribution >= 0.6 is 11.8 Å². The molecule has 194 valence electrons. The van der Waals surface area contributed by atoms with Gasteiger partial charge < -0.3 is 15.4 Å². The van der Waals surface area contributed by atoms with Gasteiger partial charge in [0.05, 0.1) is 18.6 Å². The van der Waals surface area contributed by atoms with Crippen molar-refractivity contribution in [2.75, 3.05) is 19.4 Å². The first-order valence-electron chi connectivity index (χ1n) is 12.4. The molecule has 2 N–H and O–H groups in total. The third-order valence-electron chi connectivity index (χ3n) is 6.05. The lowest BCUT2D eigenvalue weighted by molar-refractivity contribution is -0.125. The van der Waals surface area contributed by atoms with E-state index in [2.05, 4.69) is 27.5 Å². The summed E-state index contributed by atoms with van der Waals surface area (Å²) in [7, 11) is 1.59. The molecule has 10 heteroatoms. The summed E-state index contributed by atoms with van der Waals surface area (Å²) in [5.74, 6) is 0.866. The maximum absolute atomic E-state index is 13.4. The van der Waals surface area contributed by atoms with Crippen LogP contribution in [0.15, 0.2) is 58.5 Å². The zero-order valence-corrected chi connectivity index (χ0v) is 21.8. The molecule has 9 nitrogen and oxygen atoms in total. The highest BCUT2D eigenvalue weighted by molar-refractivity contribution is 8.14. The standard InChI is InChI=1S/C27H31N5O4S/c1-3-4-15-28-24(34)17-37-27-31-20-11-7-6-10-19(20)25-30-21(26(35)32(25)27)13-14-23(33)29-16-18-9-5-8-12-22(18)36-2/h5-12,21H,3-4,13-17H2,1-2H3,(H,28,34)(H,29,33). The van der Waals surface area contributed by atoms with E-state index >= 15 is 0 Å². The number of nitrogens with one attached hydrogen (secondary N) is 2. The number of amides is 3. The van der Waals surface area contributed by atoms with Gasteiger partial charge in [0.15, 0.2) is 5.17 Å². The second-order valence-corrected chi connectivity index (χ2v) is 9.62. The summed E-state index contributed by atoms with van der Waals surface area (Å²) in [5, 5.41) is 6.20. The van der Waals surface area contributed by atoms with Crippen molar-refractivity contribution in [3.05, 3.63) is 59.7 Å². The number of amidine groups is 2. The van der Waals surface area contributed by atoms with Crippen LogP contribution in [0.5, 0.6) is 5.75 Å². The second-order valence-electron chi connectivity index (χ2n) is 8.67. The predicted molar refractivity (Wildman–Crippen MR) is 145 cm³/mol. The summed E-state index contributed by atoms with van der Waals surface area (Å²) < 4.78 is 5.33. The number of benzene rings is 2. The molecule has 1 unspecified atom stereocenters. The van der Waals surface area contributed by atoms with Gasteiger partial charge in [-0.1, -0.05) is 55.4 Å². The maximum atomic E-state index is 13.4. The highest BCUT2D eigenvalue weighted by atomic mass is 32.2. The zero-order chi connectivity index (χ0) is 26.2. The van der Waals surface area contributed by atoms with Crippen LogP contribution in [0, 0.1) is 0 Å². The molecule has 0 saturated carbocycles. The molecule has 1 atom stereocenters. The van der Waals surface area contributed by atoms with Crippen molar-refractivity contribution in [2.24, 2.45) is 9.98 Å². The lowest BCUT2D eigenvalue weighted by Gasteiger charge is -2.25. The predicted octanol–water partition coefficient (Wildman–Crippen LogP) is 3.40. The van der Waals surface area contributed by atoms with E-state index in [1.54, 1.807) is 7.11 Å². The van der Waals surface area contributed by atoms with Crippen LogP contribution in [0.4, 0.5) is 5.69 Å². The first kappa shape index (κ1) is 26.4. The van der Waals surface area contributed by atoms with Crippen molar-refractivity contribution in [1.29, 1.82) is 0 Å². The lowest BCUT2D eigenvalue weighted by atomic mass is 10.1. The normalized spacial score (nSPS) is 15.9. The number of hydrogen-bond donors (Lipinski definition) is 2. The molecule has 0 aliphatic carbocycles. The minimum absolute atomic E-state index is 0.103. The smallest absolute Gasteiger partial charge is 0.259 e. The summed E-state index contributed by atoms with van der Waals surface area (Å²) in [6.07, 6.45) is 2.34. The Morgan fingerprint density at radius 2 is 1.86 bits per heavy atom. The van der Waals surface area contributed by atoms with Crippen LogP contribution in [0.2, 0.25) is 0 Å². The Morgan fingerprint density at radius 3 is 2.68 bits per heavy atom. The van der Waals surface area contributed by atoms with Crippen molar-refractivity contribution >= 4 is 46.2 Å². The number of para-hydroxylation sites is 2. The van der Waals surface area contributed by atoms with Crippen LogP contribution in [-0.2, 0) is 20.9 Å². The molecular formula is C27H31N5O4S. The number of carbonyl (C=O) groups is 3. The molecular weight excluding hydrogens is 490 g/mol. The van der Waals surface area contributed by atoms with Gasteiger partial charge in [0.1, 0.15) is 17.6 Å². The minimum atomic E-state index is -0.692. The van der Waals surface area contributed by atoms with Crippen LogP contribution in [0.3, 0.4) is 0 Å². The molecule has 3 amide bonds. The summed E-state index contributed by atoms with van der Waals surface area (Å²) in [6.45, 7) is 3.03. The number of ether oxygens (including phenoxy) is 1. The molecule has 2 heterocycles. The maximum Gasteiger partial charge on any atom is 0.259 e. The Bertz CT molecular complexity index is 1230. The van der Waals surface area contributed by atoms with Crippen molar-refractivity contribution < 1.29 is 19.1 Å². The minimum Gasteiger partial charge on any atom is -0.496 e. The van der Waals surface area contributed by atoms with Crippen LogP contribution < -0.4 is 15.4 Å². The van der Waals surface area contributed by atoms with Crippen molar-refractivity contribution in [3.8, 4) is 5.75 Å². The largest absolute Gasteiger partial charge is 0.496 e. The number of aliphatic imine (C=N–C) groups is 2. The number of carbonyl (C=O) groups excluding carboxylic acids is 3. The zero-order valence-electron chi connectivity index (χ0n) is 21.0. The first-order chi connectivity index (χ1) is 18.0. The monoisotopic (exact) mass is 521 g/mol. The molecule has 37 heavy (non-hydrogen) atoms. The topological polar surface area (TPSA) is 112 Å². The summed E-state index contributed by atoms with van der Waals surface area (Å²) in [6, 6.07) is 14.3. The Kier molecular flexibility index (Phi) is 8.95. The third kappa shape index (κ3) is 6.37. The van der Waals surface area contributed by atoms with E-state index in [4.69, 9.17) is 4.74 Å².